The number of thioether (sulfide) groups is 2. The topological polar surface area (TPSA) is 17.1 Å². The van der Waals surface area contributed by atoms with Crippen molar-refractivity contribution in [1.82, 2.24) is 0 Å². The predicted molar refractivity (Wildman–Crippen MR) is 67.2 cm³/mol. The molecule has 1 fully saturated rings. The molecule has 0 N–H and O–H groups in total. The lowest BCUT2D eigenvalue weighted by Crippen LogP contribution is -2.32. The second kappa shape index (κ2) is 5.45. The summed E-state index contributed by atoms with van der Waals surface area (Å²) in [5.41, 5.74) is 0. The second-order valence-corrected chi connectivity index (χ2v) is 7.43. The minimum Gasteiger partial charge on any atom is -0.298 e. The van der Waals surface area contributed by atoms with Gasteiger partial charge in [-0.15, -0.1) is 11.8 Å². The van der Waals surface area contributed by atoms with E-state index in [1.807, 2.05) is 23.5 Å². The molecule has 0 bridgehead atoms. The number of carbonyl (C=O) groups excluding carboxylic acids is 1. The summed E-state index contributed by atoms with van der Waals surface area (Å²) in [6.07, 6.45) is 0.749. The highest BCUT2D eigenvalue weighted by atomic mass is 32.2. The Balaban J connectivity index is 2.42. The van der Waals surface area contributed by atoms with Crippen molar-refractivity contribution in [3.63, 3.8) is 0 Å². The van der Waals surface area contributed by atoms with Crippen LogP contribution in [0.4, 0.5) is 0 Å². The lowest BCUT2D eigenvalue weighted by atomic mass is 10.1. The van der Waals surface area contributed by atoms with E-state index < -0.39 is 0 Å². The van der Waals surface area contributed by atoms with Crippen LogP contribution in [0.5, 0.6) is 0 Å². The molecule has 14 heavy (non-hydrogen) atoms. The van der Waals surface area contributed by atoms with Crippen molar-refractivity contribution in [2.45, 2.75) is 49.9 Å². The van der Waals surface area contributed by atoms with Gasteiger partial charge in [0.2, 0.25) is 0 Å². The Labute approximate surface area is 95.8 Å². The SMILES string of the molecule is CC(C)CC(=O)C1CSC(C)C(C)S1. The van der Waals surface area contributed by atoms with E-state index in [4.69, 9.17) is 0 Å². The molecule has 0 spiro atoms. The molecule has 3 atom stereocenters. The molecule has 1 aliphatic heterocycles. The fourth-order valence-corrected chi connectivity index (χ4v) is 4.39. The number of carbonyl (C=O) groups is 1. The molecule has 0 saturated carbocycles. The van der Waals surface area contributed by atoms with Crippen molar-refractivity contribution in [1.29, 1.82) is 0 Å². The predicted octanol–water partition coefficient (Wildman–Crippen LogP) is 3.23. The molecule has 1 nitrogen and oxygen atoms in total. The Morgan fingerprint density at radius 3 is 2.50 bits per heavy atom. The monoisotopic (exact) mass is 232 g/mol. The van der Waals surface area contributed by atoms with Crippen LogP contribution in [-0.2, 0) is 4.79 Å². The van der Waals surface area contributed by atoms with Gasteiger partial charge in [-0.1, -0.05) is 27.7 Å². The first-order valence-electron chi connectivity index (χ1n) is 5.30. The van der Waals surface area contributed by atoms with E-state index in [9.17, 15) is 4.79 Å². The summed E-state index contributed by atoms with van der Waals surface area (Å²) >= 11 is 3.82. The van der Waals surface area contributed by atoms with E-state index >= 15 is 0 Å². The van der Waals surface area contributed by atoms with Crippen molar-refractivity contribution < 1.29 is 4.79 Å². The van der Waals surface area contributed by atoms with E-state index in [1.54, 1.807) is 0 Å². The van der Waals surface area contributed by atoms with E-state index in [2.05, 4.69) is 27.7 Å². The Morgan fingerprint density at radius 1 is 1.36 bits per heavy atom. The molecule has 3 heteroatoms. The maximum atomic E-state index is 11.8. The van der Waals surface area contributed by atoms with E-state index in [1.165, 1.54) is 0 Å². The number of Topliss-reactive ketones (excluding diaryl/α,β-unsaturated/α-hetero) is 1. The van der Waals surface area contributed by atoms with Crippen LogP contribution in [0, 0.1) is 5.92 Å². The zero-order valence-corrected chi connectivity index (χ0v) is 11.1. The van der Waals surface area contributed by atoms with Gasteiger partial charge < -0.3 is 0 Å². The van der Waals surface area contributed by atoms with Gasteiger partial charge in [0.15, 0.2) is 0 Å². The first-order chi connectivity index (χ1) is 6.50. The minimum atomic E-state index is 0.258. The van der Waals surface area contributed by atoms with E-state index in [0.29, 0.717) is 22.2 Å². The van der Waals surface area contributed by atoms with Crippen LogP contribution in [0.3, 0.4) is 0 Å². The Hall–Kier alpha value is 0.370. The van der Waals surface area contributed by atoms with Crippen LogP contribution in [0.15, 0.2) is 0 Å². The maximum Gasteiger partial charge on any atom is 0.146 e. The summed E-state index contributed by atoms with van der Waals surface area (Å²) in [6.45, 7) is 8.72. The molecule has 0 aliphatic carbocycles. The standard InChI is InChI=1S/C11H20OS2/c1-7(2)5-10(12)11-6-13-8(3)9(4)14-11/h7-9,11H,5-6H2,1-4H3. The van der Waals surface area contributed by atoms with E-state index in [-0.39, 0.29) is 5.25 Å². The summed E-state index contributed by atoms with van der Waals surface area (Å²) in [4.78, 5) is 11.8. The molecular formula is C11H20OS2. The molecule has 0 amide bonds. The molecule has 0 radical (unpaired) electrons. The summed E-state index contributed by atoms with van der Waals surface area (Å²) in [5.74, 6) is 1.97. The normalized spacial score (nSPS) is 33.4. The van der Waals surface area contributed by atoms with Gasteiger partial charge in [-0.2, -0.15) is 11.8 Å². The third kappa shape index (κ3) is 3.50. The van der Waals surface area contributed by atoms with Gasteiger partial charge in [0, 0.05) is 22.7 Å². The molecule has 1 rings (SSSR count). The number of ketones is 1. The van der Waals surface area contributed by atoms with E-state index in [0.717, 1.165) is 12.2 Å². The molecule has 3 unspecified atom stereocenters. The molecule has 82 valence electrons. The molecule has 0 aromatic carbocycles. The van der Waals surface area contributed by atoms with Gasteiger partial charge in [-0.25, -0.2) is 0 Å². The summed E-state index contributed by atoms with van der Waals surface area (Å²) in [6, 6.07) is 0. The lowest BCUT2D eigenvalue weighted by Gasteiger charge is -2.30. The maximum absolute atomic E-state index is 11.8. The third-order valence-electron chi connectivity index (χ3n) is 2.52. The average molecular weight is 232 g/mol. The van der Waals surface area contributed by atoms with Gasteiger partial charge in [0.05, 0.1) is 5.25 Å². The van der Waals surface area contributed by atoms with Crippen molar-refractivity contribution in [2.75, 3.05) is 5.75 Å². The molecular weight excluding hydrogens is 212 g/mol. The first-order valence-corrected chi connectivity index (χ1v) is 7.29. The Bertz CT molecular complexity index is 203. The zero-order valence-electron chi connectivity index (χ0n) is 9.45. The summed E-state index contributed by atoms with van der Waals surface area (Å²) in [5, 5.41) is 1.58. The molecule has 0 aromatic heterocycles. The van der Waals surface area contributed by atoms with Gasteiger partial charge >= 0.3 is 0 Å². The number of rotatable bonds is 3. The Morgan fingerprint density at radius 2 is 2.00 bits per heavy atom. The second-order valence-electron chi connectivity index (χ2n) is 4.43. The van der Waals surface area contributed by atoms with Crippen LogP contribution >= 0.6 is 23.5 Å². The fraction of sp³-hybridized carbons (Fsp3) is 0.909. The zero-order chi connectivity index (χ0) is 10.7. The highest BCUT2D eigenvalue weighted by molar-refractivity contribution is 8.08. The third-order valence-corrected chi connectivity index (χ3v) is 5.96. The molecule has 0 aromatic rings. The van der Waals surface area contributed by atoms with Crippen LogP contribution < -0.4 is 0 Å². The average Bonchev–Trinajstić information content (AvgIpc) is 2.08. The van der Waals surface area contributed by atoms with Crippen LogP contribution in [-0.4, -0.2) is 27.3 Å². The quantitative estimate of drug-likeness (QED) is 0.743. The van der Waals surface area contributed by atoms with Crippen LogP contribution in [0.1, 0.15) is 34.1 Å². The summed E-state index contributed by atoms with van der Waals surface area (Å²) in [7, 11) is 0. The van der Waals surface area contributed by atoms with Gasteiger partial charge in [0.25, 0.3) is 0 Å². The fourth-order valence-electron chi connectivity index (χ4n) is 1.49. The number of hydrogen-bond donors (Lipinski definition) is 0. The summed E-state index contributed by atoms with van der Waals surface area (Å²) < 4.78 is 0. The largest absolute Gasteiger partial charge is 0.298 e. The van der Waals surface area contributed by atoms with Gasteiger partial charge in [-0.3, -0.25) is 4.79 Å². The van der Waals surface area contributed by atoms with Crippen molar-refractivity contribution in [3.8, 4) is 0 Å². The molecule has 1 saturated heterocycles. The smallest absolute Gasteiger partial charge is 0.146 e. The van der Waals surface area contributed by atoms with Crippen LogP contribution in [0.2, 0.25) is 0 Å². The van der Waals surface area contributed by atoms with Gasteiger partial charge in [-0.05, 0) is 5.92 Å². The van der Waals surface area contributed by atoms with Crippen molar-refractivity contribution in [3.05, 3.63) is 0 Å². The van der Waals surface area contributed by atoms with Crippen molar-refractivity contribution in [2.24, 2.45) is 5.92 Å². The lowest BCUT2D eigenvalue weighted by molar-refractivity contribution is -0.118. The number of hydrogen-bond acceptors (Lipinski definition) is 3. The molecule has 1 aliphatic rings. The Kier molecular flexibility index (Phi) is 4.84. The van der Waals surface area contributed by atoms with Gasteiger partial charge in [0.1, 0.15) is 5.78 Å². The van der Waals surface area contributed by atoms with Crippen LogP contribution in [0.25, 0.3) is 0 Å². The minimum absolute atomic E-state index is 0.258. The highest BCUT2D eigenvalue weighted by Gasteiger charge is 2.30. The van der Waals surface area contributed by atoms with Crippen molar-refractivity contribution >= 4 is 29.3 Å². The first kappa shape index (κ1) is 12.4. The highest BCUT2D eigenvalue weighted by Crippen LogP contribution is 2.36. The molecule has 1 heterocycles.